The molecular formula is C30H32FN3O5. The number of carbonyl (C=O) groups excluding carboxylic acids is 2. The van der Waals surface area contributed by atoms with Crippen LogP contribution in [0.1, 0.15) is 46.1 Å². The van der Waals surface area contributed by atoms with Crippen molar-refractivity contribution in [1.82, 2.24) is 15.1 Å². The van der Waals surface area contributed by atoms with Crippen LogP contribution in [0.15, 0.2) is 77.3 Å². The number of hydrogen-bond acceptors (Lipinski definition) is 7. The minimum atomic E-state index is -0.883. The number of ether oxygens (including phenoxy) is 3. The maximum atomic E-state index is 15.0. The smallest absolute Gasteiger partial charge is 0.336 e. The van der Waals surface area contributed by atoms with Gasteiger partial charge in [0.05, 0.1) is 48.3 Å². The van der Waals surface area contributed by atoms with Crippen molar-refractivity contribution in [1.29, 1.82) is 0 Å². The van der Waals surface area contributed by atoms with Gasteiger partial charge in [-0.2, -0.15) is 5.10 Å². The maximum Gasteiger partial charge on any atom is 0.336 e. The van der Waals surface area contributed by atoms with Crippen molar-refractivity contribution in [3.8, 4) is 22.7 Å². The van der Waals surface area contributed by atoms with Crippen molar-refractivity contribution in [2.45, 2.75) is 40.5 Å². The molecule has 2 aromatic carbocycles. The van der Waals surface area contributed by atoms with Gasteiger partial charge in [-0.25, -0.2) is 18.7 Å². The summed E-state index contributed by atoms with van der Waals surface area (Å²) < 4.78 is 32.9. The molecule has 0 spiro atoms. The summed E-state index contributed by atoms with van der Waals surface area (Å²) in [6, 6.07) is 14.0. The van der Waals surface area contributed by atoms with Crippen molar-refractivity contribution < 1.29 is 28.2 Å². The molecule has 3 aromatic rings. The Labute approximate surface area is 227 Å². The Morgan fingerprint density at radius 1 is 0.923 bits per heavy atom. The largest absolute Gasteiger partial charge is 0.491 e. The Bertz CT molecular complexity index is 1400. The van der Waals surface area contributed by atoms with Gasteiger partial charge in [-0.05, 0) is 65.0 Å². The van der Waals surface area contributed by atoms with Gasteiger partial charge in [-0.3, -0.25) is 0 Å². The number of halogens is 1. The van der Waals surface area contributed by atoms with E-state index >= 15 is 4.39 Å². The molecule has 204 valence electrons. The van der Waals surface area contributed by atoms with Gasteiger partial charge in [0.15, 0.2) is 11.6 Å². The monoisotopic (exact) mass is 533 g/mol. The molecule has 0 unspecified atom stereocenters. The Morgan fingerprint density at radius 3 is 2.08 bits per heavy atom. The fourth-order valence-corrected chi connectivity index (χ4v) is 4.72. The lowest BCUT2D eigenvalue weighted by molar-refractivity contribution is -0.139. The molecule has 1 aromatic heterocycles. The van der Waals surface area contributed by atoms with E-state index in [2.05, 4.69) is 5.32 Å². The molecular weight excluding hydrogens is 501 g/mol. The van der Waals surface area contributed by atoms with Crippen molar-refractivity contribution in [2.75, 3.05) is 19.8 Å². The zero-order valence-electron chi connectivity index (χ0n) is 22.7. The summed E-state index contributed by atoms with van der Waals surface area (Å²) in [6.07, 6.45) is 1.76. The average molecular weight is 534 g/mol. The first-order valence-corrected chi connectivity index (χ1v) is 12.9. The quantitative estimate of drug-likeness (QED) is 0.366. The molecule has 39 heavy (non-hydrogen) atoms. The molecule has 0 radical (unpaired) electrons. The lowest BCUT2D eigenvalue weighted by atomic mass is 9.79. The van der Waals surface area contributed by atoms with Crippen LogP contribution in [-0.2, 0) is 19.1 Å². The second-order valence-electron chi connectivity index (χ2n) is 8.87. The van der Waals surface area contributed by atoms with Crippen LogP contribution in [0.2, 0.25) is 0 Å². The van der Waals surface area contributed by atoms with Gasteiger partial charge in [0.2, 0.25) is 0 Å². The Hall–Kier alpha value is -4.40. The number of dihydropyridines is 1. The van der Waals surface area contributed by atoms with Crippen LogP contribution in [-0.4, -0.2) is 41.5 Å². The number of esters is 2. The van der Waals surface area contributed by atoms with Crippen LogP contribution >= 0.6 is 0 Å². The lowest BCUT2D eigenvalue weighted by Gasteiger charge is -2.30. The van der Waals surface area contributed by atoms with Crippen molar-refractivity contribution in [3.05, 3.63) is 88.6 Å². The van der Waals surface area contributed by atoms with E-state index in [0.29, 0.717) is 34.8 Å². The second-order valence-corrected chi connectivity index (χ2v) is 8.87. The predicted octanol–water partition coefficient (Wildman–Crippen LogP) is 5.44. The van der Waals surface area contributed by atoms with E-state index in [9.17, 15) is 9.59 Å². The van der Waals surface area contributed by atoms with E-state index in [1.165, 1.54) is 6.07 Å². The molecule has 8 nitrogen and oxygen atoms in total. The average Bonchev–Trinajstić information content (AvgIpc) is 3.35. The predicted molar refractivity (Wildman–Crippen MR) is 145 cm³/mol. The van der Waals surface area contributed by atoms with E-state index in [0.717, 1.165) is 5.69 Å². The zero-order valence-corrected chi connectivity index (χ0v) is 22.7. The minimum Gasteiger partial charge on any atom is -0.491 e. The van der Waals surface area contributed by atoms with Crippen LogP contribution in [0.4, 0.5) is 4.39 Å². The van der Waals surface area contributed by atoms with E-state index in [4.69, 9.17) is 19.3 Å². The molecule has 0 atom stereocenters. The normalized spacial score (nSPS) is 13.8. The summed E-state index contributed by atoms with van der Waals surface area (Å²) in [4.78, 5) is 26.6. The first-order valence-electron chi connectivity index (χ1n) is 12.9. The number of carbonyl (C=O) groups is 2. The first kappa shape index (κ1) is 27.6. The summed E-state index contributed by atoms with van der Waals surface area (Å²) >= 11 is 0. The highest BCUT2D eigenvalue weighted by Gasteiger charge is 2.40. The number of hydrogen-bond donors (Lipinski definition) is 1. The van der Waals surface area contributed by atoms with Gasteiger partial charge in [-0.15, -0.1) is 0 Å². The molecule has 0 saturated heterocycles. The standard InChI is InChI=1S/C30H32FN3O5/c1-6-37-24-15-14-20(16-23(24)31)28-22(17-34(33-28)21-12-10-9-11-13-21)27-25(29(35)38-7-2)18(4)32-19(5)26(27)30(36)39-8-3/h9-17,27,32H,6-8H2,1-5H3. The Kier molecular flexibility index (Phi) is 8.49. The highest BCUT2D eigenvalue weighted by molar-refractivity contribution is 6.00. The first-order chi connectivity index (χ1) is 18.8. The lowest BCUT2D eigenvalue weighted by Crippen LogP contribution is -2.32. The second kappa shape index (κ2) is 12.0. The summed E-state index contributed by atoms with van der Waals surface area (Å²) in [7, 11) is 0. The van der Waals surface area contributed by atoms with Gasteiger partial charge in [0.25, 0.3) is 0 Å². The van der Waals surface area contributed by atoms with E-state index in [1.807, 2.05) is 30.3 Å². The van der Waals surface area contributed by atoms with Gasteiger partial charge in [0.1, 0.15) is 0 Å². The van der Waals surface area contributed by atoms with Crippen LogP contribution in [0, 0.1) is 5.82 Å². The number of rotatable bonds is 9. The number of benzene rings is 2. The molecule has 1 aliphatic heterocycles. The third-order valence-electron chi connectivity index (χ3n) is 6.33. The van der Waals surface area contributed by atoms with Crippen molar-refractivity contribution in [2.24, 2.45) is 0 Å². The number of allylic oxidation sites excluding steroid dienone is 2. The third-order valence-corrected chi connectivity index (χ3v) is 6.33. The summed E-state index contributed by atoms with van der Waals surface area (Å²) in [5.41, 5.74) is 3.73. The fourth-order valence-electron chi connectivity index (χ4n) is 4.72. The van der Waals surface area contributed by atoms with Crippen LogP contribution in [0.25, 0.3) is 16.9 Å². The highest BCUT2D eigenvalue weighted by Crippen LogP contribution is 2.43. The molecule has 0 amide bonds. The van der Waals surface area contributed by atoms with E-state index in [1.54, 1.807) is 57.6 Å². The molecule has 4 rings (SSSR count). The highest BCUT2D eigenvalue weighted by atomic mass is 19.1. The van der Waals surface area contributed by atoms with Crippen LogP contribution in [0.5, 0.6) is 5.75 Å². The maximum absolute atomic E-state index is 15.0. The number of aromatic nitrogens is 2. The van der Waals surface area contributed by atoms with Gasteiger partial charge in [-0.1, -0.05) is 18.2 Å². The third kappa shape index (κ3) is 5.57. The van der Waals surface area contributed by atoms with Crippen LogP contribution < -0.4 is 10.1 Å². The molecule has 0 saturated carbocycles. The SMILES string of the molecule is CCOC(=O)C1=C(C)NC(C)=C(C(=O)OCC)C1c1cn(-c2ccccc2)nc1-c1ccc(OCC)c(F)c1. The summed E-state index contributed by atoms with van der Waals surface area (Å²) in [5.74, 6) is -2.45. The van der Waals surface area contributed by atoms with Gasteiger partial charge in [0, 0.05) is 28.7 Å². The van der Waals surface area contributed by atoms with Crippen molar-refractivity contribution in [3.63, 3.8) is 0 Å². The molecule has 1 aliphatic rings. The summed E-state index contributed by atoms with van der Waals surface area (Å²) in [5, 5.41) is 7.95. The van der Waals surface area contributed by atoms with Crippen LogP contribution in [0.3, 0.4) is 0 Å². The van der Waals surface area contributed by atoms with E-state index in [-0.39, 0.29) is 30.1 Å². The molecule has 1 N–H and O–H groups in total. The molecule has 0 aliphatic carbocycles. The Morgan fingerprint density at radius 2 is 1.54 bits per heavy atom. The summed E-state index contributed by atoms with van der Waals surface area (Å²) in [6.45, 7) is 9.34. The number of para-hydroxylation sites is 1. The Balaban J connectivity index is 2.01. The number of nitrogens with zero attached hydrogens (tertiary/aromatic N) is 2. The molecule has 9 heteroatoms. The van der Waals surface area contributed by atoms with Gasteiger partial charge >= 0.3 is 11.9 Å². The van der Waals surface area contributed by atoms with E-state index < -0.39 is 23.7 Å². The molecule has 0 fully saturated rings. The molecule has 2 heterocycles. The zero-order chi connectivity index (χ0) is 28.1. The van der Waals surface area contributed by atoms with Gasteiger partial charge < -0.3 is 19.5 Å². The number of nitrogens with one attached hydrogen (secondary N) is 1. The van der Waals surface area contributed by atoms with Crippen molar-refractivity contribution >= 4 is 11.9 Å². The molecule has 0 bridgehead atoms. The topological polar surface area (TPSA) is 91.7 Å². The minimum absolute atomic E-state index is 0.123. The fraction of sp³-hybridized carbons (Fsp3) is 0.300.